The highest BCUT2D eigenvalue weighted by molar-refractivity contribution is 6.31. The molecule has 2 aliphatic heterocycles. The first-order chi connectivity index (χ1) is 18.9. The Morgan fingerprint density at radius 3 is 2.67 bits per heavy atom. The van der Waals surface area contributed by atoms with Gasteiger partial charge in [-0.2, -0.15) is 28.2 Å². The number of nitrogen functional groups attached to an aromatic ring is 1. The smallest absolute Gasteiger partial charge is 0.418 e. The molecule has 0 saturated heterocycles. The molecule has 214 valence electrons. The molecule has 2 aromatic heterocycles. The van der Waals surface area contributed by atoms with E-state index in [0.717, 1.165) is 6.07 Å². The molecule has 0 spiro atoms. The van der Waals surface area contributed by atoms with Crippen molar-refractivity contribution in [3.8, 4) is 6.01 Å². The molecule has 2 aliphatic rings. The highest BCUT2D eigenvalue weighted by Crippen LogP contribution is 2.44. The zero-order valence-electron chi connectivity index (χ0n) is 21.8. The first-order valence-electron chi connectivity index (χ1n) is 12.3. The molecule has 0 aliphatic carbocycles. The number of halogens is 5. The molecule has 0 fully saturated rings. The number of nitrogens with two attached hydrogens (primary N) is 1. The minimum atomic E-state index is -4.73. The van der Waals surface area contributed by atoms with Crippen molar-refractivity contribution in [3.05, 3.63) is 56.7 Å². The zero-order chi connectivity index (χ0) is 28.9. The van der Waals surface area contributed by atoms with Crippen LogP contribution in [0.2, 0.25) is 5.02 Å². The van der Waals surface area contributed by atoms with Crippen molar-refractivity contribution >= 4 is 29.0 Å². The summed E-state index contributed by atoms with van der Waals surface area (Å²) in [6.07, 6.45) is -5.25. The number of benzene rings is 1. The fourth-order valence-electron chi connectivity index (χ4n) is 5.00. The van der Waals surface area contributed by atoms with E-state index in [1.807, 2.05) is 0 Å². The molecule has 0 saturated carbocycles. The number of carbonyl (C=O) groups is 1. The Morgan fingerprint density at radius 1 is 1.25 bits per heavy atom. The van der Waals surface area contributed by atoms with E-state index >= 15 is 4.39 Å². The fourth-order valence-corrected chi connectivity index (χ4v) is 5.34. The second-order valence-electron chi connectivity index (χ2n) is 9.73. The highest BCUT2D eigenvalue weighted by Gasteiger charge is 2.40. The third kappa shape index (κ3) is 5.01. The van der Waals surface area contributed by atoms with Gasteiger partial charge in [-0.15, -0.1) is 0 Å². The van der Waals surface area contributed by atoms with Crippen LogP contribution in [-0.4, -0.2) is 58.3 Å². The maximum absolute atomic E-state index is 15.4. The van der Waals surface area contributed by atoms with Gasteiger partial charge in [0.15, 0.2) is 11.5 Å². The molecule has 10 nitrogen and oxygen atoms in total. The minimum Gasteiger partial charge on any atom is -0.467 e. The SMILES string of the molecule is COc1nc2c(c(N3CCCn4nc(C(=O)N(C)C)c(F)c4C3)n1)COC(c1cc(N)cc(Cl)c1C(F)(F)F)C2. The number of anilines is 2. The number of hydrogen-bond donors (Lipinski definition) is 1. The second kappa shape index (κ2) is 10.4. The average molecular weight is 584 g/mol. The van der Waals surface area contributed by atoms with Crippen molar-refractivity contribution in [2.45, 2.75) is 44.8 Å². The Balaban J connectivity index is 1.52. The number of aryl methyl sites for hydroxylation is 1. The monoisotopic (exact) mass is 583 g/mol. The average Bonchev–Trinajstić information content (AvgIpc) is 3.05. The van der Waals surface area contributed by atoms with Gasteiger partial charge in [0.1, 0.15) is 5.82 Å². The van der Waals surface area contributed by atoms with Crippen molar-refractivity contribution in [1.29, 1.82) is 0 Å². The molecule has 2 N–H and O–H groups in total. The van der Waals surface area contributed by atoms with Crippen molar-refractivity contribution in [1.82, 2.24) is 24.6 Å². The van der Waals surface area contributed by atoms with Crippen molar-refractivity contribution in [2.24, 2.45) is 0 Å². The number of ether oxygens (including phenoxy) is 2. The van der Waals surface area contributed by atoms with E-state index in [1.54, 1.807) is 4.90 Å². The fraction of sp³-hybridized carbons (Fsp3) is 0.440. The van der Waals surface area contributed by atoms with Gasteiger partial charge >= 0.3 is 12.2 Å². The van der Waals surface area contributed by atoms with Gasteiger partial charge in [0.2, 0.25) is 0 Å². The first-order valence-corrected chi connectivity index (χ1v) is 12.7. The number of aromatic nitrogens is 4. The van der Waals surface area contributed by atoms with Crippen LogP contribution in [0.1, 0.15) is 51.1 Å². The molecule has 5 rings (SSSR count). The first kappa shape index (κ1) is 27.9. The minimum absolute atomic E-state index is 0.00208. The Morgan fingerprint density at radius 2 is 2.00 bits per heavy atom. The zero-order valence-corrected chi connectivity index (χ0v) is 22.6. The number of alkyl halides is 3. The van der Waals surface area contributed by atoms with Crippen molar-refractivity contribution < 1.29 is 31.8 Å². The number of nitrogens with zero attached hydrogens (tertiary/aromatic N) is 6. The largest absolute Gasteiger partial charge is 0.467 e. The number of rotatable bonds is 4. The summed E-state index contributed by atoms with van der Waals surface area (Å²) in [6.45, 7) is 0.756. The van der Waals surface area contributed by atoms with E-state index in [2.05, 4.69) is 15.1 Å². The van der Waals surface area contributed by atoms with Crippen molar-refractivity contribution in [2.75, 3.05) is 38.4 Å². The predicted octanol–water partition coefficient (Wildman–Crippen LogP) is 4.00. The van der Waals surface area contributed by atoms with E-state index in [0.29, 0.717) is 36.6 Å². The lowest BCUT2D eigenvalue weighted by atomic mass is 9.94. The molecule has 1 unspecified atom stereocenters. The lowest BCUT2D eigenvalue weighted by Gasteiger charge is -2.31. The summed E-state index contributed by atoms with van der Waals surface area (Å²) in [4.78, 5) is 24.4. The Bertz CT molecular complexity index is 1480. The molecular formula is C25H26ClF4N7O3. The molecule has 4 heterocycles. The molecule has 3 aromatic rings. The van der Waals surface area contributed by atoms with E-state index in [9.17, 15) is 18.0 Å². The quantitative estimate of drug-likeness (QED) is 0.362. The summed E-state index contributed by atoms with van der Waals surface area (Å²) in [7, 11) is 4.40. The topological polar surface area (TPSA) is 112 Å². The summed E-state index contributed by atoms with van der Waals surface area (Å²) < 4.78 is 69.8. The van der Waals surface area contributed by atoms with Crippen LogP contribution < -0.4 is 15.4 Å². The molecule has 15 heteroatoms. The van der Waals surface area contributed by atoms with Gasteiger partial charge in [0.25, 0.3) is 5.91 Å². The van der Waals surface area contributed by atoms with Crippen LogP contribution in [0.5, 0.6) is 6.01 Å². The van der Waals surface area contributed by atoms with Crippen LogP contribution in [0.15, 0.2) is 12.1 Å². The molecule has 1 amide bonds. The van der Waals surface area contributed by atoms with E-state index in [-0.39, 0.29) is 48.2 Å². The molecule has 1 aromatic carbocycles. The Labute approximate surface area is 231 Å². The number of amides is 1. The maximum atomic E-state index is 15.4. The molecule has 40 heavy (non-hydrogen) atoms. The highest BCUT2D eigenvalue weighted by atomic mass is 35.5. The van der Waals surface area contributed by atoms with E-state index < -0.39 is 34.6 Å². The maximum Gasteiger partial charge on any atom is 0.418 e. The normalized spacial score (nSPS) is 17.2. The summed E-state index contributed by atoms with van der Waals surface area (Å²) >= 11 is 5.95. The van der Waals surface area contributed by atoms with Gasteiger partial charge in [-0.05, 0) is 24.1 Å². The summed E-state index contributed by atoms with van der Waals surface area (Å²) in [5.74, 6) is -0.864. The van der Waals surface area contributed by atoms with Gasteiger partial charge in [0.05, 0.1) is 48.3 Å². The van der Waals surface area contributed by atoms with Gasteiger partial charge < -0.3 is 25.0 Å². The van der Waals surface area contributed by atoms with Gasteiger partial charge in [-0.3, -0.25) is 9.48 Å². The molecule has 0 radical (unpaired) electrons. The van der Waals surface area contributed by atoms with Crippen LogP contribution >= 0.6 is 11.6 Å². The van der Waals surface area contributed by atoms with Crippen LogP contribution in [0, 0.1) is 5.82 Å². The van der Waals surface area contributed by atoms with Gasteiger partial charge in [0, 0.05) is 44.9 Å². The number of methoxy groups -OCH3 is 1. The van der Waals surface area contributed by atoms with E-state index in [1.165, 1.54) is 36.9 Å². The van der Waals surface area contributed by atoms with Crippen LogP contribution in [0.4, 0.5) is 29.1 Å². The lowest BCUT2D eigenvalue weighted by Crippen LogP contribution is -2.29. The number of fused-ring (bicyclic) bond motifs is 2. The Kier molecular flexibility index (Phi) is 7.25. The van der Waals surface area contributed by atoms with Gasteiger partial charge in [-0.1, -0.05) is 11.6 Å². The second-order valence-corrected chi connectivity index (χ2v) is 10.1. The summed E-state index contributed by atoms with van der Waals surface area (Å²) in [5.41, 5.74) is 5.59. The molecule has 1 atom stereocenters. The summed E-state index contributed by atoms with van der Waals surface area (Å²) in [5, 5.41) is 3.68. The van der Waals surface area contributed by atoms with Crippen LogP contribution in [-0.2, 0) is 37.0 Å². The van der Waals surface area contributed by atoms with E-state index in [4.69, 9.17) is 26.8 Å². The standard InChI is InChI=1S/C25H26ClF4N7O3/c1-35(2)23(38)21-20(27)17-10-36(5-4-6-37(17)34-21)22-14-11-40-18(9-16(14)32-24(33-22)39-3)13-7-12(31)8-15(26)19(13)25(28,29)30/h7-8,18H,4-6,9-11,31H2,1-3H3. The molecular weight excluding hydrogens is 558 g/mol. The number of hydrogen-bond acceptors (Lipinski definition) is 8. The third-order valence-corrected chi connectivity index (χ3v) is 7.15. The van der Waals surface area contributed by atoms with Crippen LogP contribution in [0.3, 0.4) is 0 Å². The van der Waals surface area contributed by atoms with Gasteiger partial charge in [-0.25, -0.2) is 4.39 Å². The summed E-state index contributed by atoms with van der Waals surface area (Å²) in [6, 6.07) is 2.25. The molecule has 0 bridgehead atoms. The third-order valence-electron chi connectivity index (χ3n) is 6.85. The number of carbonyl (C=O) groups excluding carboxylic acids is 1. The lowest BCUT2D eigenvalue weighted by molar-refractivity contribution is -0.139. The van der Waals surface area contributed by atoms with Crippen molar-refractivity contribution in [3.63, 3.8) is 0 Å². The predicted molar refractivity (Wildman–Crippen MR) is 137 cm³/mol. The Hall–Kier alpha value is -3.65. The van der Waals surface area contributed by atoms with Crippen LogP contribution in [0.25, 0.3) is 0 Å².